The summed E-state index contributed by atoms with van der Waals surface area (Å²) in [5.74, 6) is -1.94. The Balaban J connectivity index is 1.60. The Bertz CT molecular complexity index is 839. The average Bonchev–Trinajstić information content (AvgIpc) is 3.39. The predicted octanol–water partition coefficient (Wildman–Crippen LogP) is -1.83. The van der Waals surface area contributed by atoms with E-state index in [-0.39, 0.29) is 37.3 Å². The van der Waals surface area contributed by atoms with Crippen LogP contribution in [0.25, 0.3) is 0 Å². The summed E-state index contributed by atoms with van der Waals surface area (Å²) in [6.45, 7) is 3.40. The first kappa shape index (κ1) is 26.6. The van der Waals surface area contributed by atoms with Crippen molar-refractivity contribution in [2.75, 3.05) is 45.9 Å². The maximum Gasteiger partial charge on any atom is 0.407 e. The van der Waals surface area contributed by atoms with Crippen LogP contribution in [0, 0.1) is 17.2 Å². The van der Waals surface area contributed by atoms with Crippen LogP contribution in [-0.2, 0) is 23.9 Å². The topological polar surface area (TPSA) is 187 Å². The zero-order chi connectivity index (χ0) is 25.5. The van der Waals surface area contributed by atoms with Crippen LogP contribution in [0.4, 0.5) is 4.79 Å². The number of nitrogens with two attached hydrogens (primary N) is 1. The van der Waals surface area contributed by atoms with E-state index in [1.165, 1.54) is 24.0 Å². The molecule has 3 aliphatic rings. The molecule has 3 aliphatic heterocycles. The molecule has 3 rings (SSSR count). The highest BCUT2D eigenvalue weighted by molar-refractivity contribution is 6.12. The van der Waals surface area contributed by atoms with Gasteiger partial charge in [-0.2, -0.15) is 0 Å². The molecule has 0 spiro atoms. The highest BCUT2D eigenvalue weighted by Gasteiger charge is 2.40. The standard InChI is InChI=1S/C22H34N6O7/c1-13(29)21(32)28(19(20(23)24)14-4-8-34-9-5-14)12-15-10-25-11-16(15)35-22(33)26-6-7-27-17(30)2-3-18(27)31/h2-3,13-16,19,25,29H,4-12H2,1H3,(H3,23,24)(H,26,33)/t13-,15-,16+,19+/m0/s1. The van der Waals surface area contributed by atoms with E-state index in [1.54, 1.807) is 0 Å². The van der Waals surface area contributed by atoms with Crippen LogP contribution in [-0.4, -0.2) is 109 Å². The highest BCUT2D eigenvalue weighted by Crippen LogP contribution is 2.26. The number of carbonyl (C=O) groups is 4. The molecule has 35 heavy (non-hydrogen) atoms. The molecule has 3 heterocycles. The van der Waals surface area contributed by atoms with Crippen molar-refractivity contribution in [2.24, 2.45) is 17.6 Å². The molecule has 4 atom stereocenters. The summed E-state index contributed by atoms with van der Waals surface area (Å²) in [5, 5.41) is 23.9. The van der Waals surface area contributed by atoms with Crippen LogP contribution in [0.2, 0.25) is 0 Å². The average molecular weight is 495 g/mol. The van der Waals surface area contributed by atoms with E-state index in [9.17, 15) is 24.3 Å². The summed E-state index contributed by atoms with van der Waals surface area (Å²) in [6.07, 6.45) is 1.05. The number of aliphatic hydroxyl groups is 1. The quantitative estimate of drug-likeness (QED) is 0.132. The fourth-order valence-corrected chi connectivity index (χ4v) is 4.67. The highest BCUT2D eigenvalue weighted by atomic mass is 16.6. The number of hydrogen-bond acceptors (Lipinski definition) is 9. The number of alkyl carbamates (subject to hydrolysis) is 1. The van der Waals surface area contributed by atoms with Crippen molar-refractivity contribution in [3.05, 3.63) is 12.2 Å². The Hall–Kier alpha value is -3.03. The molecule has 0 aromatic carbocycles. The van der Waals surface area contributed by atoms with Crippen LogP contribution >= 0.6 is 0 Å². The van der Waals surface area contributed by atoms with Crippen molar-refractivity contribution in [2.45, 2.75) is 38.0 Å². The van der Waals surface area contributed by atoms with Crippen molar-refractivity contribution in [3.8, 4) is 0 Å². The lowest BCUT2D eigenvalue weighted by Gasteiger charge is -2.40. The molecule has 194 valence electrons. The van der Waals surface area contributed by atoms with Gasteiger partial charge in [0, 0.05) is 64.0 Å². The number of amides is 4. The van der Waals surface area contributed by atoms with E-state index >= 15 is 0 Å². The molecule has 13 heteroatoms. The molecule has 6 N–H and O–H groups in total. The number of rotatable bonds is 10. The second-order valence-electron chi connectivity index (χ2n) is 8.97. The van der Waals surface area contributed by atoms with E-state index in [0.717, 1.165) is 4.90 Å². The maximum atomic E-state index is 13.0. The summed E-state index contributed by atoms with van der Waals surface area (Å²) in [5.41, 5.74) is 5.92. The third-order valence-electron chi connectivity index (χ3n) is 6.48. The first-order valence-electron chi connectivity index (χ1n) is 11.8. The van der Waals surface area contributed by atoms with Gasteiger partial charge < -0.3 is 35.8 Å². The van der Waals surface area contributed by atoms with Crippen molar-refractivity contribution in [1.82, 2.24) is 20.4 Å². The van der Waals surface area contributed by atoms with Gasteiger partial charge in [0.05, 0.1) is 6.04 Å². The Morgan fingerprint density at radius 2 is 1.97 bits per heavy atom. The van der Waals surface area contributed by atoms with Crippen LogP contribution in [0.1, 0.15) is 19.8 Å². The second kappa shape index (κ2) is 12.1. The van der Waals surface area contributed by atoms with E-state index in [0.29, 0.717) is 39.1 Å². The zero-order valence-electron chi connectivity index (χ0n) is 19.8. The van der Waals surface area contributed by atoms with Gasteiger partial charge in [-0.1, -0.05) is 0 Å². The fraction of sp³-hybridized carbons (Fsp3) is 0.682. The van der Waals surface area contributed by atoms with E-state index < -0.39 is 42.1 Å². The van der Waals surface area contributed by atoms with Crippen LogP contribution < -0.4 is 16.4 Å². The monoisotopic (exact) mass is 494 g/mol. The molecule has 2 fully saturated rings. The van der Waals surface area contributed by atoms with Crippen molar-refractivity contribution < 1.29 is 33.8 Å². The summed E-state index contributed by atoms with van der Waals surface area (Å²) in [6, 6.07) is -0.694. The Morgan fingerprint density at radius 1 is 1.31 bits per heavy atom. The van der Waals surface area contributed by atoms with Crippen molar-refractivity contribution >= 4 is 29.7 Å². The molecule has 0 bridgehead atoms. The van der Waals surface area contributed by atoms with Gasteiger partial charge in [-0.05, 0) is 25.7 Å². The molecule has 0 radical (unpaired) electrons. The molecule has 0 unspecified atom stereocenters. The lowest BCUT2D eigenvalue weighted by molar-refractivity contribution is -0.143. The second-order valence-corrected chi connectivity index (χ2v) is 8.97. The van der Waals surface area contributed by atoms with Gasteiger partial charge in [-0.25, -0.2) is 4.79 Å². The fourth-order valence-electron chi connectivity index (χ4n) is 4.67. The van der Waals surface area contributed by atoms with Crippen LogP contribution in [0.5, 0.6) is 0 Å². The summed E-state index contributed by atoms with van der Waals surface area (Å²) in [4.78, 5) is 50.9. The minimum Gasteiger partial charge on any atom is -0.444 e. The van der Waals surface area contributed by atoms with E-state index in [4.69, 9.17) is 20.6 Å². The number of carbonyl (C=O) groups excluding carboxylic acids is 4. The smallest absolute Gasteiger partial charge is 0.407 e. The number of amidine groups is 1. The molecule has 0 aromatic rings. The molecular formula is C22H34N6O7. The summed E-state index contributed by atoms with van der Waals surface area (Å²) in [7, 11) is 0. The number of aliphatic hydroxyl groups excluding tert-OH is 1. The van der Waals surface area contributed by atoms with Crippen LogP contribution in [0.3, 0.4) is 0 Å². The SMILES string of the molecule is C[C@H](O)C(=O)N(C[C@@H]1CNC[C@H]1OC(=O)NCCN1C(=O)C=CC1=O)[C@@H](C(=N)N)C1CCOCC1. The molecular weight excluding hydrogens is 460 g/mol. The lowest BCUT2D eigenvalue weighted by atomic mass is 9.88. The van der Waals surface area contributed by atoms with Gasteiger partial charge in [0.15, 0.2) is 0 Å². The van der Waals surface area contributed by atoms with Crippen molar-refractivity contribution in [3.63, 3.8) is 0 Å². The third-order valence-corrected chi connectivity index (χ3v) is 6.48. The minimum atomic E-state index is -1.28. The molecule has 13 nitrogen and oxygen atoms in total. The summed E-state index contributed by atoms with van der Waals surface area (Å²) >= 11 is 0. The molecule has 2 saturated heterocycles. The first-order chi connectivity index (χ1) is 16.7. The van der Waals surface area contributed by atoms with Gasteiger partial charge in [0.1, 0.15) is 18.0 Å². The normalized spacial score (nSPS) is 24.3. The van der Waals surface area contributed by atoms with Gasteiger partial charge in [0.25, 0.3) is 17.7 Å². The van der Waals surface area contributed by atoms with Gasteiger partial charge in [0.2, 0.25) is 0 Å². The molecule has 0 saturated carbocycles. The molecule has 0 aliphatic carbocycles. The number of ether oxygens (including phenoxy) is 2. The Kier molecular flexibility index (Phi) is 9.18. The summed E-state index contributed by atoms with van der Waals surface area (Å²) < 4.78 is 11.0. The lowest BCUT2D eigenvalue weighted by Crippen LogP contribution is -2.57. The number of imide groups is 1. The molecule has 0 aromatic heterocycles. The number of nitrogens with one attached hydrogen (secondary N) is 3. The van der Waals surface area contributed by atoms with E-state index in [2.05, 4.69) is 10.6 Å². The third kappa shape index (κ3) is 6.77. The Labute approximate surface area is 203 Å². The van der Waals surface area contributed by atoms with Crippen molar-refractivity contribution in [1.29, 1.82) is 5.41 Å². The maximum absolute atomic E-state index is 13.0. The largest absolute Gasteiger partial charge is 0.444 e. The molecule has 4 amide bonds. The minimum absolute atomic E-state index is 0.0220. The predicted molar refractivity (Wildman–Crippen MR) is 123 cm³/mol. The van der Waals surface area contributed by atoms with E-state index in [1.807, 2.05) is 0 Å². The Morgan fingerprint density at radius 3 is 2.57 bits per heavy atom. The van der Waals surface area contributed by atoms with Gasteiger partial charge >= 0.3 is 6.09 Å². The van der Waals surface area contributed by atoms with Gasteiger partial charge in [-0.15, -0.1) is 0 Å². The first-order valence-corrected chi connectivity index (χ1v) is 11.8. The number of nitrogens with zero attached hydrogens (tertiary/aromatic N) is 2. The zero-order valence-corrected chi connectivity index (χ0v) is 19.8. The van der Waals surface area contributed by atoms with Gasteiger partial charge in [-0.3, -0.25) is 24.7 Å². The number of hydrogen-bond donors (Lipinski definition) is 5. The van der Waals surface area contributed by atoms with Crippen LogP contribution in [0.15, 0.2) is 12.2 Å².